The highest BCUT2D eigenvalue weighted by Crippen LogP contribution is 2.28. The zero-order chi connectivity index (χ0) is 21.4. The molecule has 2 heterocycles. The monoisotopic (exact) mass is 438 g/mol. The molecule has 0 aliphatic rings. The summed E-state index contributed by atoms with van der Waals surface area (Å²) in [4.78, 5) is 15.5. The number of carboxylic acid groups (broad SMARTS) is 1. The Hall–Kier alpha value is -2.62. The van der Waals surface area contributed by atoms with Gasteiger partial charge in [0.2, 0.25) is 0 Å². The molecule has 3 aromatic rings. The molecule has 154 valence electrons. The smallest absolute Gasteiger partial charge is 0.335 e. The summed E-state index contributed by atoms with van der Waals surface area (Å²) in [5, 5.41) is 9.46. The zero-order valence-corrected chi connectivity index (χ0v) is 17.5. The minimum absolute atomic E-state index is 0.0319. The van der Waals surface area contributed by atoms with Crippen LogP contribution in [0.5, 0.6) is 5.75 Å². The van der Waals surface area contributed by atoms with Crippen molar-refractivity contribution in [1.29, 1.82) is 0 Å². The number of carbonyl (C=O) groups is 1. The second-order valence-corrected chi connectivity index (χ2v) is 8.90. The lowest BCUT2D eigenvalue weighted by Gasteiger charge is -2.20. The Kier molecular flexibility index (Phi) is 5.57. The number of aliphatic carboxylic acids is 1. The van der Waals surface area contributed by atoms with Crippen LogP contribution >= 0.6 is 11.6 Å². The van der Waals surface area contributed by atoms with Crippen molar-refractivity contribution in [3.05, 3.63) is 53.3 Å². The Balaban J connectivity index is 2.14. The van der Waals surface area contributed by atoms with Gasteiger partial charge in [0.15, 0.2) is 5.60 Å². The van der Waals surface area contributed by atoms with E-state index in [2.05, 4.69) is 4.98 Å². The fraction of sp³-hybridized carbons (Fsp3) is 0.263. The van der Waals surface area contributed by atoms with Gasteiger partial charge >= 0.3 is 5.97 Å². The summed E-state index contributed by atoms with van der Waals surface area (Å²) in [6.45, 7) is 2.51. The normalized spacial score (nSPS) is 12.3. The molecule has 0 atom stereocenters. The number of rotatable bonds is 7. The molecule has 2 aromatic heterocycles. The summed E-state index contributed by atoms with van der Waals surface area (Å²) in [7, 11) is -2.54. The third-order valence-electron chi connectivity index (χ3n) is 4.35. The maximum atomic E-state index is 13.4. The number of benzene rings is 1. The molecule has 0 aliphatic carbocycles. The van der Waals surface area contributed by atoms with Gasteiger partial charge in [0.1, 0.15) is 10.9 Å². The fourth-order valence-electron chi connectivity index (χ4n) is 2.65. The highest BCUT2D eigenvalue weighted by molar-refractivity contribution is 7.90. The molecule has 0 saturated heterocycles. The maximum absolute atomic E-state index is 13.4. The van der Waals surface area contributed by atoms with Gasteiger partial charge in [-0.15, -0.1) is 0 Å². The lowest BCUT2D eigenvalue weighted by molar-refractivity contribution is -0.162. The van der Waals surface area contributed by atoms with Crippen LogP contribution in [-0.4, -0.2) is 41.2 Å². The first kappa shape index (κ1) is 21.1. The SMILES string of the molecule is COc1ccc(S(=O)(=O)n2c(COC(C)(C)C(=O)O)cc3nc(Cl)ccc32)cc1. The van der Waals surface area contributed by atoms with Gasteiger partial charge in [0, 0.05) is 0 Å². The molecule has 0 fully saturated rings. The lowest BCUT2D eigenvalue weighted by Crippen LogP contribution is -2.34. The molecular weight excluding hydrogens is 420 g/mol. The van der Waals surface area contributed by atoms with Gasteiger partial charge < -0.3 is 14.6 Å². The lowest BCUT2D eigenvalue weighted by atomic mass is 10.1. The van der Waals surface area contributed by atoms with Crippen LogP contribution in [0.4, 0.5) is 0 Å². The van der Waals surface area contributed by atoms with Crippen molar-refractivity contribution >= 4 is 38.6 Å². The van der Waals surface area contributed by atoms with Crippen LogP contribution in [-0.2, 0) is 26.2 Å². The molecule has 29 heavy (non-hydrogen) atoms. The predicted octanol–water partition coefficient (Wildman–Crippen LogP) is 3.32. The van der Waals surface area contributed by atoms with E-state index < -0.39 is 21.6 Å². The number of hydrogen-bond donors (Lipinski definition) is 1. The average molecular weight is 439 g/mol. The highest BCUT2D eigenvalue weighted by Gasteiger charge is 2.30. The van der Waals surface area contributed by atoms with Gasteiger partial charge in [-0.25, -0.2) is 22.2 Å². The summed E-state index contributed by atoms with van der Waals surface area (Å²) >= 11 is 5.94. The minimum Gasteiger partial charge on any atom is -0.497 e. The molecular formula is C19H19ClN2O6S. The first-order valence-corrected chi connectivity index (χ1v) is 10.3. The highest BCUT2D eigenvalue weighted by atomic mass is 35.5. The Bertz CT molecular complexity index is 1170. The van der Waals surface area contributed by atoms with E-state index in [1.165, 1.54) is 63.4 Å². The third-order valence-corrected chi connectivity index (χ3v) is 6.34. The van der Waals surface area contributed by atoms with Crippen LogP contribution in [0.3, 0.4) is 0 Å². The number of nitrogens with zero attached hydrogens (tertiary/aromatic N) is 2. The first-order valence-electron chi connectivity index (χ1n) is 8.50. The van der Waals surface area contributed by atoms with Crippen molar-refractivity contribution in [2.75, 3.05) is 7.11 Å². The maximum Gasteiger partial charge on any atom is 0.335 e. The average Bonchev–Trinajstić information content (AvgIpc) is 3.04. The largest absolute Gasteiger partial charge is 0.497 e. The van der Waals surface area contributed by atoms with Crippen molar-refractivity contribution in [1.82, 2.24) is 8.96 Å². The predicted molar refractivity (Wildman–Crippen MR) is 107 cm³/mol. The third kappa shape index (κ3) is 4.07. The Morgan fingerprint density at radius 2 is 1.86 bits per heavy atom. The molecule has 0 bridgehead atoms. The number of hydrogen-bond acceptors (Lipinski definition) is 6. The van der Waals surface area contributed by atoms with Crippen molar-refractivity contribution in [3.8, 4) is 5.75 Å². The Morgan fingerprint density at radius 1 is 1.21 bits per heavy atom. The summed E-state index contributed by atoms with van der Waals surface area (Å²) in [5.74, 6) is -0.652. The minimum atomic E-state index is -4.03. The first-order chi connectivity index (χ1) is 13.6. The van der Waals surface area contributed by atoms with Crippen LogP contribution in [0.1, 0.15) is 19.5 Å². The Morgan fingerprint density at radius 3 is 2.45 bits per heavy atom. The van der Waals surface area contributed by atoms with Gasteiger partial charge in [-0.2, -0.15) is 0 Å². The molecule has 10 heteroatoms. The van der Waals surface area contributed by atoms with Crippen molar-refractivity contribution in [2.24, 2.45) is 0 Å². The zero-order valence-electron chi connectivity index (χ0n) is 15.9. The summed E-state index contributed by atoms with van der Waals surface area (Å²) in [6, 6.07) is 10.5. The van der Waals surface area contributed by atoms with Gasteiger partial charge in [-0.3, -0.25) is 0 Å². The van der Waals surface area contributed by atoms with Crippen LogP contribution in [0, 0.1) is 0 Å². The van der Waals surface area contributed by atoms with E-state index >= 15 is 0 Å². The van der Waals surface area contributed by atoms with E-state index in [4.69, 9.17) is 21.1 Å². The molecule has 0 spiro atoms. The molecule has 0 aliphatic heterocycles. The number of halogens is 1. The molecule has 1 N–H and O–H groups in total. The van der Waals surface area contributed by atoms with E-state index in [0.29, 0.717) is 16.8 Å². The summed E-state index contributed by atoms with van der Waals surface area (Å²) < 4.78 is 38.4. The van der Waals surface area contributed by atoms with Gasteiger partial charge in [-0.1, -0.05) is 11.6 Å². The number of aromatic nitrogens is 2. The van der Waals surface area contributed by atoms with Crippen LogP contribution in [0.15, 0.2) is 47.4 Å². The van der Waals surface area contributed by atoms with E-state index in [-0.39, 0.29) is 22.3 Å². The molecule has 8 nitrogen and oxygen atoms in total. The second-order valence-electron chi connectivity index (χ2n) is 6.72. The van der Waals surface area contributed by atoms with Crippen molar-refractivity contribution in [2.45, 2.75) is 31.0 Å². The molecule has 3 rings (SSSR count). The number of ether oxygens (including phenoxy) is 2. The fourth-order valence-corrected chi connectivity index (χ4v) is 4.32. The van der Waals surface area contributed by atoms with Gasteiger partial charge in [0.05, 0.1) is 35.3 Å². The standard InChI is InChI=1S/C19H19ClN2O6S/c1-19(2,18(23)24)28-11-12-10-15-16(8-9-17(20)21-15)22(12)29(25,26)14-6-4-13(27-3)5-7-14/h4-10H,11H2,1-3H3,(H,23,24). The van der Waals surface area contributed by atoms with Crippen LogP contribution in [0.2, 0.25) is 5.15 Å². The number of fused-ring (bicyclic) bond motifs is 1. The molecule has 0 saturated carbocycles. The van der Waals surface area contributed by atoms with E-state index in [9.17, 15) is 18.3 Å². The molecule has 0 unspecified atom stereocenters. The van der Waals surface area contributed by atoms with Crippen molar-refractivity contribution in [3.63, 3.8) is 0 Å². The van der Waals surface area contributed by atoms with E-state index in [1.54, 1.807) is 0 Å². The summed E-state index contributed by atoms with van der Waals surface area (Å²) in [6.07, 6.45) is 0. The van der Waals surface area contributed by atoms with Gasteiger partial charge in [-0.05, 0) is 56.3 Å². The summed E-state index contributed by atoms with van der Waals surface area (Å²) in [5.41, 5.74) is -0.630. The molecule has 0 amide bonds. The second kappa shape index (κ2) is 7.66. The van der Waals surface area contributed by atoms with Gasteiger partial charge in [0.25, 0.3) is 10.0 Å². The quantitative estimate of drug-likeness (QED) is 0.563. The van der Waals surface area contributed by atoms with Crippen LogP contribution < -0.4 is 4.74 Å². The topological polar surface area (TPSA) is 108 Å². The Labute approximate surface area is 172 Å². The van der Waals surface area contributed by atoms with Crippen LogP contribution in [0.25, 0.3) is 11.0 Å². The van der Waals surface area contributed by atoms with E-state index in [1.807, 2.05) is 0 Å². The van der Waals surface area contributed by atoms with E-state index in [0.717, 1.165) is 3.97 Å². The molecule has 0 radical (unpaired) electrons. The number of pyridine rings is 1. The van der Waals surface area contributed by atoms with Crippen molar-refractivity contribution < 1.29 is 27.8 Å². The molecule has 1 aromatic carbocycles. The number of carboxylic acids is 1. The number of methoxy groups -OCH3 is 1.